The van der Waals surface area contributed by atoms with Gasteiger partial charge in [-0.25, -0.2) is 0 Å². The van der Waals surface area contributed by atoms with Crippen molar-refractivity contribution in [2.24, 2.45) is 0 Å². The molecule has 1 aliphatic rings. The lowest BCUT2D eigenvalue weighted by molar-refractivity contribution is -0.303. The Morgan fingerprint density at radius 1 is 1.18 bits per heavy atom. The van der Waals surface area contributed by atoms with Gasteiger partial charge in [0.05, 0.1) is 6.10 Å². The van der Waals surface area contributed by atoms with Gasteiger partial charge in [0.25, 0.3) is 0 Å². The molecule has 22 heavy (non-hydrogen) atoms. The van der Waals surface area contributed by atoms with E-state index in [0.29, 0.717) is 6.42 Å². The second-order valence-electron chi connectivity index (χ2n) is 5.76. The van der Waals surface area contributed by atoms with Gasteiger partial charge < -0.3 is 14.2 Å². The number of rotatable bonds is 7. The Bertz CT molecular complexity index is 446. The van der Waals surface area contributed by atoms with Gasteiger partial charge in [-0.2, -0.15) is 0 Å². The lowest BCUT2D eigenvalue weighted by atomic mass is 10.1. The molecule has 1 aromatic carbocycles. The van der Waals surface area contributed by atoms with Crippen molar-refractivity contribution in [3.63, 3.8) is 0 Å². The Balaban J connectivity index is 1.96. The summed E-state index contributed by atoms with van der Waals surface area (Å²) in [6.07, 6.45) is 5.48. The Morgan fingerprint density at radius 2 is 1.95 bits per heavy atom. The molecule has 1 unspecified atom stereocenters. The number of hydrogen-bond acceptors (Lipinski definition) is 4. The van der Waals surface area contributed by atoms with Crippen molar-refractivity contribution in [3.05, 3.63) is 35.9 Å². The van der Waals surface area contributed by atoms with Crippen LogP contribution >= 0.6 is 0 Å². The summed E-state index contributed by atoms with van der Waals surface area (Å²) in [7, 11) is 0. The van der Waals surface area contributed by atoms with Crippen molar-refractivity contribution in [2.45, 2.75) is 71.1 Å². The summed E-state index contributed by atoms with van der Waals surface area (Å²) in [5.74, 6) is -0.316. The molecule has 4 nitrogen and oxygen atoms in total. The number of ether oxygens (including phenoxy) is 3. The highest BCUT2D eigenvalue weighted by atomic mass is 16.8. The van der Waals surface area contributed by atoms with Gasteiger partial charge in [0.2, 0.25) is 6.29 Å². The molecule has 1 aliphatic heterocycles. The molecule has 1 saturated heterocycles. The number of carbonyl (C=O) groups excluding carboxylic acids is 1. The highest BCUT2D eigenvalue weighted by Gasteiger charge is 2.32. The first-order valence-electron chi connectivity index (χ1n) is 8.22. The monoisotopic (exact) mass is 306 g/mol. The van der Waals surface area contributed by atoms with Gasteiger partial charge in [-0.3, -0.25) is 4.79 Å². The van der Waals surface area contributed by atoms with Crippen molar-refractivity contribution in [1.29, 1.82) is 0 Å². The zero-order valence-corrected chi connectivity index (χ0v) is 13.5. The molecule has 0 N–H and O–H groups in total. The SMILES string of the molecule is CCCCCC[C@H]1CC(OC(C)=O)O[C@@H](c2ccccc2)O1. The number of hydrogen-bond donors (Lipinski definition) is 0. The standard InChI is InChI=1S/C18H26O4/c1-3-4-5-9-12-16-13-17(20-14(2)19)22-18(21-16)15-10-7-6-8-11-15/h6-8,10-11,16-18H,3-5,9,12-13H2,1-2H3/t16-,17?,18-/m0/s1. The summed E-state index contributed by atoms with van der Waals surface area (Å²) in [6, 6.07) is 9.80. The smallest absolute Gasteiger partial charge is 0.304 e. The van der Waals surface area contributed by atoms with Gasteiger partial charge in [0, 0.05) is 18.9 Å². The fourth-order valence-electron chi connectivity index (χ4n) is 2.68. The molecule has 122 valence electrons. The van der Waals surface area contributed by atoms with E-state index in [9.17, 15) is 4.79 Å². The van der Waals surface area contributed by atoms with Crippen molar-refractivity contribution in [2.75, 3.05) is 0 Å². The summed E-state index contributed by atoms with van der Waals surface area (Å²) in [5, 5.41) is 0. The predicted molar refractivity (Wildman–Crippen MR) is 84.1 cm³/mol. The maximum Gasteiger partial charge on any atom is 0.304 e. The number of carbonyl (C=O) groups is 1. The molecule has 0 amide bonds. The summed E-state index contributed by atoms with van der Waals surface area (Å²) in [4.78, 5) is 11.2. The molecule has 0 spiro atoms. The Morgan fingerprint density at radius 3 is 2.64 bits per heavy atom. The molecule has 0 radical (unpaired) electrons. The molecule has 3 atom stereocenters. The Kier molecular flexibility index (Phi) is 6.87. The van der Waals surface area contributed by atoms with Crippen LogP contribution in [0, 0.1) is 0 Å². The minimum Gasteiger partial charge on any atom is -0.436 e. The summed E-state index contributed by atoms with van der Waals surface area (Å²) in [6.45, 7) is 3.61. The molecule has 0 aromatic heterocycles. The van der Waals surface area contributed by atoms with Crippen LogP contribution in [0.1, 0.15) is 64.2 Å². The maximum absolute atomic E-state index is 11.2. The Hall–Kier alpha value is -1.39. The van der Waals surface area contributed by atoms with E-state index in [0.717, 1.165) is 18.4 Å². The van der Waals surface area contributed by atoms with Crippen LogP contribution in [0.15, 0.2) is 30.3 Å². The van der Waals surface area contributed by atoms with Gasteiger partial charge in [-0.05, 0) is 6.42 Å². The van der Waals surface area contributed by atoms with Gasteiger partial charge in [0.1, 0.15) is 0 Å². The fourth-order valence-corrected chi connectivity index (χ4v) is 2.68. The second kappa shape index (κ2) is 8.91. The van der Waals surface area contributed by atoms with Crippen molar-refractivity contribution < 1.29 is 19.0 Å². The predicted octanol–water partition coefficient (Wildman–Crippen LogP) is 4.35. The molecule has 0 aliphatic carbocycles. The topological polar surface area (TPSA) is 44.8 Å². The van der Waals surface area contributed by atoms with E-state index >= 15 is 0 Å². The zero-order chi connectivity index (χ0) is 15.8. The third-order valence-electron chi connectivity index (χ3n) is 3.80. The maximum atomic E-state index is 11.2. The van der Waals surface area contributed by atoms with E-state index in [1.165, 1.54) is 26.2 Å². The molecule has 0 saturated carbocycles. The first-order valence-corrected chi connectivity index (χ1v) is 8.22. The van der Waals surface area contributed by atoms with Crippen LogP contribution in [-0.2, 0) is 19.0 Å². The third-order valence-corrected chi connectivity index (χ3v) is 3.80. The second-order valence-corrected chi connectivity index (χ2v) is 5.76. The largest absolute Gasteiger partial charge is 0.436 e. The molecular formula is C18H26O4. The normalized spacial score (nSPS) is 24.9. The quantitative estimate of drug-likeness (QED) is 0.555. The molecule has 1 fully saturated rings. The number of benzene rings is 1. The average molecular weight is 306 g/mol. The third kappa shape index (κ3) is 5.43. The van der Waals surface area contributed by atoms with Gasteiger partial charge >= 0.3 is 5.97 Å². The number of unbranched alkanes of at least 4 members (excludes halogenated alkanes) is 3. The van der Waals surface area contributed by atoms with Crippen LogP contribution in [0.25, 0.3) is 0 Å². The van der Waals surface area contributed by atoms with Gasteiger partial charge in [0.15, 0.2) is 6.29 Å². The van der Waals surface area contributed by atoms with Crippen LogP contribution in [0.5, 0.6) is 0 Å². The highest BCUT2D eigenvalue weighted by Crippen LogP contribution is 2.32. The first kappa shape index (κ1) is 17.0. The minimum atomic E-state index is -0.521. The lowest BCUT2D eigenvalue weighted by Gasteiger charge is -2.35. The molecular weight excluding hydrogens is 280 g/mol. The van der Waals surface area contributed by atoms with Crippen LogP contribution in [0.2, 0.25) is 0 Å². The van der Waals surface area contributed by atoms with Crippen LogP contribution in [0.3, 0.4) is 0 Å². The van der Waals surface area contributed by atoms with E-state index in [4.69, 9.17) is 14.2 Å². The molecule has 1 aromatic rings. The van der Waals surface area contributed by atoms with Crippen LogP contribution in [-0.4, -0.2) is 18.4 Å². The fraction of sp³-hybridized carbons (Fsp3) is 0.611. The molecule has 2 rings (SSSR count). The Labute approximate surface area is 132 Å². The van der Waals surface area contributed by atoms with E-state index in [-0.39, 0.29) is 12.1 Å². The lowest BCUT2D eigenvalue weighted by Crippen LogP contribution is -2.36. The van der Waals surface area contributed by atoms with Crippen LogP contribution < -0.4 is 0 Å². The van der Waals surface area contributed by atoms with Gasteiger partial charge in [-0.1, -0.05) is 62.9 Å². The zero-order valence-electron chi connectivity index (χ0n) is 13.5. The summed E-state index contributed by atoms with van der Waals surface area (Å²) in [5.41, 5.74) is 0.956. The van der Waals surface area contributed by atoms with Crippen molar-refractivity contribution in [1.82, 2.24) is 0 Å². The highest BCUT2D eigenvalue weighted by molar-refractivity contribution is 5.66. The van der Waals surface area contributed by atoms with E-state index < -0.39 is 12.6 Å². The first-order chi connectivity index (χ1) is 10.7. The number of esters is 1. The van der Waals surface area contributed by atoms with Crippen molar-refractivity contribution in [3.8, 4) is 0 Å². The van der Waals surface area contributed by atoms with E-state index in [2.05, 4.69) is 6.92 Å². The summed E-state index contributed by atoms with van der Waals surface area (Å²) >= 11 is 0. The minimum absolute atomic E-state index is 0.0696. The molecule has 0 bridgehead atoms. The average Bonchev–Trinajstić information content (AvgIpc) is 2.52. The molecule has 4 heteroatoms. The van der Waals surface area contributed by atoms with Crippen molar-refractivity contribution >= 4 is 5.97 Å². The van der Waals surface area contributed by atoms with E-state index in [1.807, 2.05) is 30.3 Å². The van der Waals surface area contributed by atoms with E-state index in [1.54, 1.807) is 0 Å². The molecule has 1 heterocycles. The van der Waals surface area contributed by atoms with Gasteiger partial charge in [-0.15, -0.1) is 0 Å². The van der Waals surface area contributed by atoms with Crippen LogP contribution in [0.4, 0.5) is 0 Å². The summed E-state index contributed by atoms with van der Waals surface area (Å²) < 4.78 is 17.1.